The highest BCUT2D eigenvalue weighted by atomic mass is 16.3. The van der Waals surface area contributed by atoms with Gasteiger partial charge in [-0.05, 0) is 37.1 Å². The Bertz CT molecular complexity index is 930. The Hall–Kier alpha value is -2.95. The number of fused-ring (bicyclic) bond motifs is 1. The molecular weight excluding hydrogens is 284 g/mol. The first kappa shape index (κ1) is 14.0. The molecule has 0 spiro atoms. The molecule has 5 nitrogen and oxygen atoms in total. The average molecular weight is 298 g/mol. The van der Waals surface area contributed by atoms with E-state index in [1.54, 1.807) is 26.0 Å². The van der Waals surface area contributed by atoms with Gasteiger partial charge in [0.2, 0.25) is 0 Å². The lowest BCUT2D eigenvalue weighted by Crippen LogP contribution is -2.01. The first-order chi connectivity index (χ1) is 10.4. The molecule has 0 unspecified atom stereocenters. The molecule has 0 saturated carbocycles. The van der Waals surface area contributed by atoms with E-state index in [0.29, 0.717) is 22.5 Å². The van der Waals surface area contributed by atoms with Gasteiger partial charge in [0.05, 0.1) is 0 Å². The minimum Gasteiger partial charge on any atom is -0.508 e. The van der Waals surface area contributed by atoms with E-state index >= 15 is 0 Å². The molecule has 0 aliphatic heterocycles. The fourth-order valence-corrected chi connectivity index (χ4v) is 2.49. The predicted molar refractivity (Wildman–Crippen MR) is 82.4 cm³/mol. The summed E-state index contributed by atoms with van der Waals surface area (Å²) in [5, 5.41) is 29.1. The molecule has 112 valence electrons. The van der Waals surface area contributed by atoms with Crippen molar-refractivity contribution in [1.29, 1.82) is 0 Å². The zero-order chi connectivity index (χ0) is 16.0. The summed E-state index contributed by atoms with van der Waals surface area (Å²) in [5.74, 6) is -0.0207. The van der Waals surface area contributed by atoms with Gasteiger partial charge in [0.1, 0.15) is 34.0 Å². The second-order valence-corrected chi connectivity index (χ2v) is 5.27. The predicted octanol–water partition coefficient (Wildman–Crippen LogP) is 3.19. The molecule has 3 N–H and O–H groups in total. The Morgan fingerprint density at radius 3 is 2.18 bits per heavy atom. The summed E-state index contributed by atoms with van der Waals surface area (Å²) in [6, 6.07) is 7.06. The van der Waals surface area contributed by atoms with Crippen molar-refractivity contribution < 1.29 is 19.7 Å². The van der Waals surface area contributed by atoms with Gasteiger partial charge in [-0.1, -0.05) is 0 Å². The Morgan fingerprint density at radius 2 is 1.55 bits per heavy atom. The van der Waals surface area contributed by atoms with Crippen LogP contribution in [-0.4, -0.2) is 15.3 Å². The highest BCUT2D eigenvalue weighted by Crippen LogP contribution is 2.32. The summed E-state index contributed by atoms with van der Waals surface area (Å²) >= 11 is 0. The van der Waals surface area contributed by atoms with Crippen LogP contribution < -0.4 is 5.43 Å². The second-order valence-electron chi connectivity index (χ2n) is 5.27. The van der Waals surface area contributed by atoms with Gasteiger partial charge < -0.3 is 19.7 Å². The molecule has 2 aromatic carbocycles. The summed E-state index contributed by atoms with van der Waals surface area (Å²) < 4.78 is 5.64. The average Bonchev–Trinajstić information content (AvgIpc) is 2.42. The van der Waals surface area contributed by atoms with Crippen LogP contribution in [0, 0.1) is 13.8 Å². The van der Waals surface area contributed by atoms with Gasteiger partial charge in [0, 0.05) is 23.8 Å². The Kier molecular flexibility index (Phi) is 3.06. The minimum atomic E-state index is -0.405. The van der Waals surface area contributed by atoms with Crippen LogP contribution in [0.4, 0.5) is 0 Å². The van der Waals surface area contributed by atoms with Gasteiger partial charge >= 0.3 is 0 Å². The van der Waals surface area contributed by atoms with E-state index in [1.807, 2.05) is 0 Å². The summed E-state index contributed by atoms with van der Waals surface area (Å²) in [4.78, 5) is 12.2. The van der Waals surface area contributed by atoms with Crippen molar-refractivity contribution >= 4 is 11.0 Å². The maximum atomic E-state index is 12.2. The van der Waals surface area contributed by atoms with Crippen LogP contribution in [-0.2, 0) is 0 Å². The summed E-state index contributed by atoms with van der Waals surface area (Å²) in [6.45, 7) is 3.51. The third-order valence-electron chi connectivity index (χ3n) is 3.57. The first-order valence-electron chi connectivity index (χ1n) is 6.67. The second kappa shape index (κ2) is 4.80. The van der Waals surface area contributed by atoms with Crippen molar-refractivity contribution in [3.8, 4) is 28.6 Å². The third kappa shape index (κ3) is 2.16. The van der Waals surface area contributed by atoms with Crippen molar-refractivity contribution in [2.75, 3.05) is 0 Å². The molecule has 0 amide bonds. The summed E-state index contributed by atoms with van der Waals surface area (Å²) in [7, 11) is 0. The highest BCUT2D eigenvalue weighted by Gasteiger charge is 2.13. The zero-order valence-corrected chi connectivity index (χ0v) is 12.0. The van der Waals surface area contributed by atoms with E-state index in [4.69, 9.17) is 4.42 Å². The van der Waals surface area contributed by atoms with Gasteiger partial charge in [-0.15, -0.1) is 0 Å². The number of aryl methyl sites for hydroxylation is 2. The maximum absolute atomic E-state index is 12.2. The standard InChI is InChI=1S/C17H14O5/c1-8-3-10(4-9(2)17(8)21)14-7-13(20)16-12(19)5-11(18)6-15(16)22-14/h3-7,18-19,21H,1-2H3. The number of rotatable bonds is 1. The number of benzene rings is 2. The quantitative estimate of drug-likeness (QED) is 0.642. The van der Waals surface area contributed by atoms with Gasteiger partial charge in [0.25, 0.3) is 0 Å². The van der Waals surface area contributed by atoms with Crippen LogP contribution in [0.15, 0.2) is 39.5 Å². The lowest BCUT2D eigenvalue weighted by atomic mass is 10.0. The zero-order valence-electron chi connectivity index (χ0n) is 12.0. The van der Waals surface area contributed by atoms with Gasteiger partial charge in [0.15, 0.2) is 5.43 Å². The van der Waals surface area contributed by atoms with Gasteiger partial charge in [-0.25, -0.2) is 0 Å². The van der Waals surface area contributed by atoms with Crippen molar-refractivity contribution in [3.63, 3.8) is 0 Å². The maximum Gasteiger partial charge on any atom is 0.197 e. The van der Waals surface area contributed by atoms with Gasteiger partial charge in [-0.3, -0.25) is 4.79 Å². The number of hydrogen-bond donors (Lipinski definition) is 3. The van der Waals surface area contributed by atoms with Crippen LogP contribution in [0.3, 0.4) is 0 Å². The number of phenolic OH excluding ortho intramolecular Hbond substituents is 3. The molecule has 0 aliphatic carbocycles. The molecule has 1 heterocycles. The van der Waals surface area contributed by atoms with Crippen LogP contribution in [0.1, 0.15) is 11.1 Å². The molecule has 0 aliphatic rings. The Morgan fingerprint density at radius 1 is 0.909 bits per heavy atom. The summed E-state index contributed by atoms with van der Waals surface area (Å²) in [5.41, 5.74) is 1.66. The fourth-order valence-electron chi connectivity index (χ4n) is 2.49. The molecule has 0 fully saturated rings. The molecule has 0 saturated heterocycles. The SMILES string of the molecule is Cc1cc(-c2cc(=O)c3c(O)cc(O)cc3o2)cc(C)c1O. The molecule has 22 heavy (non-hydrogen) atoms. The molecule has 3 rings (SSSR count). The van der Waals surface area contributed by atoms with Crippen molar-refractivity contribution in [3.05, 3.63) is 51.7 Å². The monoisotopic (exact) mass is 298 g/mol. The highest BCUT2D eigenvalue weighted by molar-refractivity contribution is 5.86. The smallest absolute Gasteiger partial charge is 0.197 e. The Balaban J connectivity index is 2.31. The largest absolute Gasteiger partial charge is 0.508 e. The van der Waals surface area contributed by atoms with E-state index in [9.17, 15) is 20.1 Å². The van der Waals surface area contributed by atoms with Crippen LogP contribution in [0.25, 0.3) is 22.3 Å². The van der Waals surface area contributed by atoms with E-state index in [-0.39, 0.29) is 28.2 Å². The van der Waals surface area contributed by atoms with Crippen LogP contribution in [0.5, 0.6) is 17.2 Å². The van der Waals surface area contributed by atoms with Crippen molar-refractivity contribution in [2.24, 2.45) is 0 Å². The topological polar surface area (TPSA) is 90.9 Å². The molecule has 0 radical (unpaired) electrons. The lowest BCUT2D eigenvalue weighted by molar-refractivity contribution is 0.452. The molecular formula is C17H14O5. The molecule has 5 heteroatoms. The van der Waals surface area contributed by atoms with Crippen molar-refractivity contribution in [1.82, 2.24) is 0 Å². The lowest BCUT2D eigenvalue weighted by Gasteiger charge is -2.09. The normalized spacial score (nSPS) is 11.0. The summed E-state index contributed by atoms with van der Waals surface area (Å²) in [6.07, 6.45) is 0. The Labute approximate surface area is 125 Å². The number of aromatic hydroxyl groups is 3. The van der Waals surface area contributed by atoms with E-state index in [2.05, 4.69) is 0 Å². The van der Waals surface area contributed by atoms with E-state index in [1.165, 1.54) is 12.1 Å². The number of phenols is 3. The first-order valence-corrected chi connectivity index (χ1v) is 6.67. The van der Waals surface area contributed by atoms with E-state index < -0.39 is 5.43 Å². The van der Waals surface area contributed by atoms with Crippen LogP contribution in [0.2, 0.25) is 0 Å². The molecule has 0 bridgehead atoms. The molecule has 1 aromatic heterocycles. The van der Waals surface area contributed by atoms with Crippen LogP contribution >= 0.6 is 0 Å². The molecule has 0 atom stereocenters. The van der Waals surface area contributed by atoms with Crippen molar-refractivity contribution in [2.45, 2.75) is 13.8 Å². The van der Waals surface area contributed by atoms with E-state index in [0.717, 1.165) is 6.07 Å². The third-order valence-corrected chi connectivity index (χ3v) is 3.57. The fraction of sp³-hybridized carbons (Fsp3) is 0.118. The minimum absolute atomic E-state index is 0.0220. The molecule has 3 aromatic rings. The number of hydrogen-bond acceptors (Lipinski definition) is 5. The van der Waals surface area contributed by atoms with Gasteiger partial charge in [-0.2, -0.15) is 0 Å².